The van der Waals surface area contributed by atoms with Crippen LogP contribution in [-0.2, 0) is 0 Å². The van der Waals surface area contributed by atoms with Gasteiger partial charge in [-0.15, -0.1) is 0 Å². The van der Waals surface area contributed by atoms with Crippen molar-refractivity contribution in [2.75, 3.05) is 6.61 Å². The van der Waals surface area contributed by atoms with Crippen molar-refractivity contribution in [3.8, 4) is 0 Å². The molecule has 2 heteroatoms. The fourth-order valence-electron chi connectivity index (χ4n) is 0. The molecule has 0 radical (unpaired) electrons. The van der Waals surface area contributed by atoms with E-state index in [4.69, 9.17) is 5.11 Å². The first-order valence-electron chi connectivity index (χ1n) is 1.52. The fourth-order valence-corrected chi connectivity index (χ4v) is 0. The normalized spacial score (nSPS) is 6.00. The van der Waals surface area contributed by atoms with Crippen LogP contribution in [0.1, 0.15) is 13.3 Å². The molecule has 0 aromatic heterocycles. The van der Waals surface area contributed by atoms with Gasteiger partial charge in [0, 0.05) is 44.3 Å². The molecule has 0 saturated carbocycles. The summed E-state index contributed by atoms with van der Waals surface area (Å²) in [6, 6.07) is 0. The van der Waals surface area contributed by atoms with Gasteiger partial charge in [-0.1, -0.05) is 6.92 Å². The Morgan fingerprint density at radius 1 is 1.60 bits per heavy atom. The molecule has 0 aliphatic rings. The zero-order chi connectivity index (χ0) is 3.41. The van der Waals surface area contributed by atoms with E-state index in [0.717, 1.165) is 6.42 Å². The van der Waals surface area contributed by atoms with Crippen LogP contribution >= 0.6 is 0 Å². The largest absolute Gasteiger partial charge is 0.396 e. The Kier molecular flexibility index (Phi) is 17.1. The number of hydrogen-bond acceptors (Lipinski definition) is 1. The Morgan fingerprint density at radius 2 is 1.80 bits per heavy atom. The summed E-state index contributed by atoms with van der Waals surface area (Å²) in [5.74, 6) is 0. The predicted octanol–water partition coefficient (Wildman–Crippen LogP) is 0.389. The molecule has 0 aliphatic carbocycles. The van der Waals surface area contributed by atoms with Crippen molar-refractivity contribution in [3.63, 3.8) is 0 Å². The van der Waals surface area contributed by atoms with Crippen LogP contribution in [0.15, 0.2) is 0 Å². The molecule has 1 nitrogen and oxygen atoms in total. The van der Waals surface area contributed by atoms with Crippen LogP contribution < -0.4 is 0 Å². The third kappa shape index (κ3) is 11.0. The first-order chi connectivity index (χ1) is 1.91. The Hall–Kier alpha value is 1.22. The first-order valence-corrected chi connectivity index (χ1v) is 1.52. The Labute approximate surface area is 62.4 Å². The van der Waals surface area contributed by atoms with Crippen LogP contribution in [0.2, 0.25) is 0 Å². The van der Waals surface area contributed by atoms with Crippen LogP contribution in [0.5, 0.6) is 0 Å². The molecule has 0 unspecified atom stereocenters. The van der Waals surface area contributed by atoms with Gasteiger partial charge >= 0.3 is 0 Å². The van der Waals surface area contributed by atoms with Gasteiger partial charge in [-0.05, 0) is 6.42 Å². The van der Waals surface area contributed by atoms with Crippen LogP contribution in [0.4, 0.5) is 0 Å². The van der Waals surface area contributed by atoms with Crippen molar-refractivity contribution in [1.29, 1.82) is 0 Å². The summed E-state index contributed by atoms with van der Waals surface area (Å²) in [6.45, 7) is 2.25. The molecule has 34 valence electrons. The monoisotopic (exact) mass is 100 g/mol. The van der Waals surface area contributed by atoms with Gasteiger partial charge in [-0.3, -0.25) is 0 Å². The van der Waals surface area contributed by atoms with E-state index < -0.39 is 0 Å². The summed E-state index contributed by atoms with van der Waals surface area (Å²) >= 11 is 0. The van der Waals surface area contributed by atoms with E-state index in [0.29, 0.717) is 6.61 Å². The second kappa shape index (κ2) is 8.97. The minimum absolute atomic E-state index is 0. The van der Waals surface area contributed by atoms with Crippen molar-refractivity contribution in [3.05, 3.63) is 0 Å². The molecule has 0 fully saturated rings. The average molecular weight is 100 g/mol. The van der Waals surface area contributed by atoms with Crippen molar-refractivity contribution in [1.82, 2.24) is 0 Å². The van der Waals surface area contributed by atoms with Crippen LogP contribution in [0.3, 0.4) is 0 Å². The second-order valence-corrected chi connectivity index (χ2v) is 0.724. The number of hydrogen-bond donors (Lipinski definition) is 1. The van der Waals surface area contributed by atoms with E-state index in [1.807, 2.05) is 6.92 Å². The fraction of sp³-hybridized carbons (Fsp3) is 1.00. The SMILES string of the molecule is CCCO.[Ar]. The molecule has 0 bridgehead atoms. The molecular formula is C3H8ArO. The molecule has 0 spiro atoms. The maximum atomic E-state index is 7.88. The molecule has 0 atom stereocenters. The summed E-state index contributed by atoms with van der Waals surface area (Å²) in [7, 11) is 0. The van der Waals surface area contributed by atoms with Crippen LogP contribution in [-0.4, -0.2) is 11.7 Å². The van der Waals surface area contributed by atoms with Gasteiger partial charge in [0.15, 0.2) is 0 Å². The minimum atomic E-state index is 0. The smallest absolute Gasteiger partial charge is 0.0428 e. The van der Waals surface area contributed by atoms with Crippen LogP contribution in [0, 0.1) is 37.7 Å². The first kappa shape index (κ1) is 9.52. The summed E-state index contributed by atoms with van der Waals surface area (Å²) in [5, 5.41) is 7.88. The molecule has 0 aromatic carbocycles. The van der Waals surface area contributed by atoms with E-state index in [1.54, 1.807) is 0 Å². The Balaban J connectivity index is 0. The number of aliphatic hydroxyl groups excluding tert-OH is 1. The van der Waals surface area contributed by atoms with Gasteiger partial charge in [0.2, 0.25) is 0 Å². The van der Waals surface area contributed by atoms with E-state index in [2.05, 4.69) is 0 Å². The van der Waals surface area contributed by atoms with Gasteiger partial charge in [0.1, 0.15) is 0 Å². The van der Waals surface area contributed by atoms with Crippen molar-refractivity contribution < 1.29 is 42.8 Å². The molecule has 1 N–H and O–H groups in total. The molecular weight excluding hydrogens is 92.0 g/mol. The standard InChI is InChI=1S/C3H8O.Ar/c1-2-3-4;/h4H,2-3H2,1H3;. The molecule has 0 amide bonds. The average Bonchev–Trinajstić information content (AvgIpc) is 1.37. The van der Waals surface area contributed by atoms with Gasteiger partial charge in [0.25, 0.3) is 0 Å². The van der Waals surface area contributed by atoms with E-state index in [-0.39, 0.29) is 37.7 Å². The second-order valence-electron chi connectivity index (χ2n) is 0.724. The maximum absolute atomic E-state index is 7.88. The Bertz CT molecular complexity index is 8.85. The van der Waals surface area contributed by atoms with Gasteiger partial charge in [0.05, 0.1) is 0 Å². The van der Waals surface area contributed by atoms with Crippen molar-refractivity contribution in [2.24, 2.45) is 0 Å². The summed E-state index contributed by atoms with van der Waals surface area (Å²) < 4.78 is 0. The van der Waals surface area contributed by atoms with Crippen molar-refractivity contribution >= 4 is 0 Å². The van der Waals surface area contributed by atoms with Crippen molar-refractivity contribution in [2.45, 2.75) is 13.3 Å². The summed E-state index contributed by atoms with van der Waals surface area (Å²) in [5.41, 5.74) is 0. The Morgan fingerprint density at radius 3 is 1.80 bits per heavy atom. The molecule has 5 heavy (non-hydrogen) atoms. The van der Waals surface area contributed by atoms with E-state index in [1.165, 1.54) is 0 Å². The predicted molar refractivity (Wildman–Crippen MR) is 17.4 cm³/mol. The summed E-state index contributed by atoms with van der Waals surface area (Å²) in [4.78, 5) is 0. The zero-order valence-electron chi connectivity index (χ0n) is 3.21. The molecule has 0 heterocycles. The number of aliphatic hydroxyl groups is 1. The number of rotatable bonds is 1. The maximum Gasteiger partial charge on any atom is 0.0428 e. The van der Waals surface area contributed by atoms with Gasteiger partial charge in [-0.2, -0.15) is 0 Å². The summed E-state index contributed by atoms with van der Waals surface area (Å²) in [6.07, 6.45) is 0.875. The zero-order valence-corrected chi connectivity index (χ0v) is 3.92. The molecule has 0 aliphatic heterocycles. The molecule has 0 aromatic rings. The molecule has 0 saturated heterocycles. The third-order valence-corrected chi connectivity index (χ3v) is 0.224. The van der Waals surface area contributed by atoms with E-state index in [9.17, 15) is 0 Å². The topological polar surface area (TPSA) is 20.2 Å². The molecule has 0 rings (SSSR count). The van der Waals surface area contributed by atoms with Crippen LogP contribution in [0.25, 0.3) is 0 Å². The minimum Gasteiger partial charge on any atom is -0.396 e. The van der Waals surface area contributed by atoms with Gasteiger partial charge in [-0.25, -0.2) is 0 Å². The quantitative estimate of drug-likeness (QED) is 0.505. The van der Waals surface area contributed by atoms with Gasteiger partial charge < -0.3 is 5.11 Å². The van der Waals surface area contributed by atoms with E-state index >= 15 is 0 Å². The third-order valence-electron chi connectivity index (χ3n) is 0.224.